The van der Waals surface area contributed by atoms with E-state index in [2.05, 4.69) is 22.3 Å². The van der Waals surface area contributed by atoms with Gasteiger partial charge in [-0.25, -0.2) is 0 Å². The molecule has 0 aliphatic heterocycles. The van der Waals surface area contributed by atoms with Gasteiger partial charge in [-0.2, -0.15) is 15.4 Å². The van der Waals surface area contributed by atoms with Gasteiger partial charge in [0, 0.05) is 6.61 Å². The molecule has 0 radical (unpaired) electrons. The molecule has 0 bridgehead atoms. The lowest BCUT2D eigenvalue weighted by Crippen LogP contribution is -2.11. The Hall–Kier alpha value is -1.02. The second-order valence-corrected chi connectivity index (χ2v) is 3.57. The van der Waals surface area contributed by atoms with Crippen LogP contribution in [0.2, 0.25) is 0 Å². The van der Waals surface area contributed by atoms with Crippen LogP contribution in [0.1, 0.15) is 19.8 Å². The van der Waals surface area contributed by atoms with E-state index >= 15 is 0 Å². The van der Waals surface area contributed by atoms with Gasteiger partial charge in [-0.15, -0.1) is 0 Å². The van der Waals surface area contributed by atoms with E-state index in [9.17, 15) is 0 Å². The van der Waals surface area contributed by atoms with E-state index in [-0.39, 0.29) is 6.61 Å². The summed E-state index contributed by atoms with van der Waals surface area (Å²) in [5.41, 5.74) is 0. The van der Waals surface area contributed by atoms with Gasteiger partial charge in [-0.3, -0.25) is 0 Å². The Kier molecular flexibility index (Phi) is 16.1. The van der Waals surface area contributed by atoms with E-state index in [1.165, 1.54) is 0 Å². The van der Waals surface area contributed by atoms with Crippen molar-refractivity contribution in [2.24, 2.45) is 0 Å². The maximum absolute atomic E-state index is 8.40. The first-order valence-corrected chi connectivity index (χ1v) is 6.55. The van der Waals surface area contributed by atoms with Crippen LogP contribution in [0.15, 0.2) is 12.4 Å². The molecule has 0 atom stereocenters. The minimum Gasteiger partial charge on any atom is -0.394 e. The summed E-state index contributed by atoms with van der Waals surface area (Å²) in [6.45, 7) is 5.79. The third kappa shape index (κ3) is 17.0. The molecule has 2 N–H and O–H groups in total. The molecule has 1 heterocycles. The normalized spacial score (nSPS) is 10.0. The monoisotopic (exact) mass is 275 g/mol. The highest BCUT2D eigenvalue weighted by molar-refractivity contribution is 4.54. The first-order chi connectivity index (χ1) is 9.41. The van der Waals surface area contributed by atoms with Crippen LogP contribution in [0.5, 0.6) is 0 Å². The molecule has 0 aliphatic rings. The molecule has 0 aromatic carbocycles. The van der Waals surface area contributed by atoms with Crippen molar-refractivity contribution in [3.05, 3.63) is 12.4 Å². The SMILES string of the molecule is CCCCOCCOCCOCCO.c1cn[nH]n1. The minimum atomic E-state index is 0.0696. The van der Waals surface area contributed by atoms with Gasteiger partial charge in [0.15, 0.2) is 0 Å². The van der Waals surface area contributed by atoms with E-state index in [1.807, 2.05) is 0 Å². The van der Waals surface area contributed by atoms with Crippen molar-refractivity contribution < 1.29 is 19.3 Å². The lowest BCUT2D eigenvalue weighted by Gasteiger charge is -2.05. The molecule has 7 heteroatoms. The highest BCUT2D eigenvalue weighted by Crippen LogP contribution is 1.87. The van der Waals surface area contributed by atoms with Gasteiger partial charge in [0.05, 0.1) is 52.0 Å². The zero-order valence-electron chi connectivity index (χ0n) is 11.6. The lowest BCUT2D eigenvalue weighted by molar-refractivity contribution is 0.00735. The maximum atomic E-state index is 8.40. The predicted molar refractivity (Wildman–Crippen MR) is 70.8 cm³/mol. The van der Waals surface area contributed by atoms with Crippen molar-refractivity contribution >= 4 is 0 Å². The van der Waals surface area contributed by atoms with Crippen LogP contribution in [0, 0.1) is 0 Å². The Morgan fingerprint density at radius 3 is 1.84 bits per heavy atom. The molecular weight excluding hydrogens is 250 g/mol. The third-order valence-electron chi connectivity index (χ3n) is 1.95. The zero-order chi connectivity index (χ0) is 14.0. The van der Waals surface area contributed by atoms with Gasteiger partial charge in [0.25, 0.3) is 0 Å². The number of hydrogen-bond donors (Lipinski definition) is 2. The molecule has 0 saturated carbocycles. The second kappa shape index (κ2) is 17.0. The van der Waals surface area contributed by atoms with Crippen molar-refractivity contribution in [1.82, 2.24) is 15.4 Å². The molecule has 1 aromatic rings. The van der Waals surface area contributed by atoms with E-state index in [0.29, 0.717) is 33.0 Å². The number of aromatic nitrogens is 3. The fraction of sp³-hybridized carbons (Fsp3) is 0.833. The number of aliphatic hydroxyl groups excluding tert-OH is 1. The summed E-state index contributed by atoms with van der Waals surface area (Å²) in [6, 6.07) is 0. The fourth-order valence-electron chi connectivity index (χ4n) is 1.02. The van der Waals surface area contributed by atoms with Gasteiger partial charge in [-0.1, -0.05) is 13.3 Å². The van der Waals surface area contributed by atoms with Crippen LogP contribution in [0.4, 0.5) is 0 Å². The molecule has 0 fully saturated rings. The van der Waals surface area contributed by atoms with Crippen molar-refractivity contribution in [2.75, 3.05) is 46.2 Å². The predicted octanol–water partition coefficient (Wildman–Crippen LogP) is 0.633. The molecule has 0 unspecified atom stereocenters. The summed E-state index contributed by atoms with van der Waals surface area (Å²) in [4.78, 5) is 0. The Morgan fingerprint density at radius 2 is 1.42 bits per heavy atom. The van der Waals surface area contributed by atoms with E-state index < -0.39 is 0 Å². The van der Waals surface area contributed by atoms with Crippen molar-refractivity contribution in [2.45, 2.75) is 19.8 Å². The van der Waals surface area contributed by atoms with Crippen molar-refractivity contribution in [3.8, 4) is 0 Å². The number of ether oxygens (including phenoxy) is 3. The largest absolute Gasteiger partial charge is 0.394 e. The molecular formula is C12H25N3O4. The summed E-state index contributed by atoms with van der Waals surface area (Å²) < 4.78 is 15.5. The van der Waals surface area contributed by atoms with Crippen LogP contribution in [-0.4, -0.2) is 66.8 Å². The number of rotatable bonds is 11. The second-order valence-electron chi connectivity index (χ2n) is 3.57. The Morgan fingerprint density at radius 1 is 0.895 bits per heavy atom. The molecule has 0 amide bonds. The number of unbranched alkanes of at least 4 members (excludes halogenated alkanes) is 1. The first kappa shape index (κ1) is 18.0. The maximum Gasteiger partial charge on any atom is 0.0701 e. The van der Waals surface area contributed by atoms with Gasteiger partial charge in [-0.05, 0) is 6.42 Å². The molecule has 112 valence electrons. The van der Waals surface area contributed by atoms with E-state index in [1.54, 1.807) is 12.4 Å². The minimum absolute atomic E-state index is 0.0696. The fourth-order valence-corrected chi connectivity index (χ4v) is 1.02. The van der Waals surface area contributed by atoms with Gasteiger partial charge >= 0.3 is 0 Å². The average molecular weight is 275 g/mol. The highest BCUT2D eigenvalue weighted by Gasteiger charge is 1.90. The summed E-state index contributed by atoms with van der Waals surface area (Å²) >= 11 is 0. The molecule has 0 spiro atoms. The van der Waals surface area contributed by atoms with Crippen LogP contribution in [0.3, 0.4) is 0 Å². The van der Waals surface area contributed by atoms with Crippen LogP contribution in [-0.2, 0) is 14.2 Å². The molecule has 0 saturated heterocycles. The summed E-state index contributed by atoms with van der Waals surface area (Å²) in [5, 5.41) is 17.7. The third-order valence-corrected chi connectivity index (χ3v) is 1.95. The summed E-state index contributed by atoms with van der Waals surface area (Å²) in [7, 11) is 0. The number of nitrogens with zero attached hydrogens (tertiary/aromatic N) is 2. The number of H-pyrrole nitrogens is 1. The van der Waals surface area contributed by atoms with E-state index in [4.69, 9.17) is 19.3 Å². The summed E-state index contributed by atoms with van der Waals surface area (Å²) in [6.07, 6.45) is 5.44. The highest BCUT2D eigenvalue weighted by atomic mass is 16.5. The Labute approximate surface area is 114 Å². The van der Waals surface area contributed by atoms with Crippen molar-refractivity contribution in [1.29, 1.82) is 0 Å². The Bertz CT molecular complexity index is 206. The van der Waals surface area contributed by atoms with Crippen LogP contribution in [0.25, 0.3) is 0 Å². The number of aromatic amines is 1. The molecule has 1 aromatic heterocycles. The molecule has 19 heavy (non-hydrogen) atoms. The van der Waals surface area contributed by atoms with Crippen LogP contribution >= 0.6 is 0 Å². The van der Waals surface area contributed by atoms with Gasteiger partial charge in [0.2, 0.25) is 0 Å². The number of aliphatic hydroxyl groups is 1. The molecule has 1 rings (SSSR count). The van der Waals surface area contributed by atoms with Crippen LogP contribution < -0.4 is 0 Å². The zero-order valence-corrected chi connectivity index (χ0v) is 11.6. The van der Waals surface area contributed by atoms with Crippen molar-refractivity contribution in [3.63, 3.8) is 0 Å². The quantitative estimate of drug-likeness (QED) is 0.576. The Balaban J connectivity index is 0.000000532. The molecule has 0 aliphatic carbocycles. The standard InChI is InChI=1S/C10H22O4.C2H3N3/c1-2-3-5-12-7-9-14-10-8-13-6-4-11;1-2-4-5-3-1/h11H,2-10H2,1H3;1-2H,(H,3,4,5). The first-order valence-electron chi connectivity index (χ1n) is 6.55. The lowest BCUT2D eigenvalue weighted by atomic mass is 10.4. The topological polar surface area (TPSA) is 89.5 Å². The average Bonchev–Trinajstić information content (AvgIpc) is 3.00. The van der Waals surface area contributed by atoms with Gasteiger partial charge in [0.1, 0.15) is 0 Å². The molecule has 7 nitrogen and oxygen atoms in total. The smallest absolute Gasteiger partial charge is 0.0701 e. The van der Waals surface area contributed by atoms with E-state index in [0.717, 1.165) is 19.4 Å². The number of hydrogen-bond acceptors (Lipinski definition) is 6. The van der Waals surface area contributed by atoms with Gasteiger partial charge < -0.3 is 19.3 Å². The number of nitrogens with one attached hydrogen (secondary N) is 1. The summed E-state index contributed by atoms with van der Waals surface area (Å²) in [5.74, 6) is 0.